The van der Waals surface area contributed by atoms with Crippen LogP contribution in [0.1, 0.15) is 21.1 Å². The van der Waals surface area contributed by atoms with Crippen LogP contribution < -0.4 is 0 Å². The van der Waals surface area contributed by atoms with Gasteiger partial charge in [0.15, 0.2) is 0 Å². The molecule has 1 amide bonds. The van der Waals surface area contributed by atoms with Gasteiger partial charge < -0.3 is 4.90 Å². The lowest BCUT2D eigenvalue weighted by molar-refractivity contribution is 0.0780. The van der Waals surface area contributed by atoms with Crippen molar-refractivity contribution >= 4 is 28.8 Å². The Kier molecular flexibility index (Phi) is 3.99. The van der Waals surface area contributed by atoms with Crippen molar-refractivity contribution in [3.05, 3.63) is 50.9 Å². The zero-order valence-electron chi connectivity index (χ0n) is 10.2. The molecule has 0 bridgehead atoms. The van der Waals surface area contributed by atoms with Crippen LogP contribution in [0.5, 0.6) is 0 Å². The van der Waals surface area contributed by atoms with E-state index in [-0.39, 0.29) is 5.91 Å². The normalized spacial score (nSPS) is 10.4. The number of hydrogen-bond donors (Lipinski definition) is 0. The lowest BCUT2D eigenvalue weighted by Gasteiger charge is -2.15. The molecule has 0 spiro atoms. The van der Waals surface area contributed by atoms with Gasteiger partial charge in [-0.1, -0.05) is 23.7 Å². The third-order valence-electron chi connectivity index (χ3n) is 2.52. The molecule has 0 radical (unpaired) electrons. The highest BCUT2D eigenvalue weighted by Crippen LogP contribution is 2.14. The summed E-state index contributed by atoms with van der Waals surface area (Å²) in [6.07, 6.45) is 0. The van der Waals surface area contributed by atoms with Crippen LogP contribution in [0.3, 0.4) is 0 Å². The number of aryl methyl sites for hydroxylation is 1. The Labute approximate surface area is 115 Å². The smallest absolute Gasteiger partial charge is 0.273 e. The molecule has 94 valence electrons. The highest BCUT2D eigenvalue weighted by atomic mass is 35.5. The Morgan fingerprint density at radius 1 is 1.39 bits per heavy atom. The van der Waals surface area contributed by atoms with Crippen LogP contribution >= 0.6 is 22.9 Å². The first-order chi connectivity index (χ1) is 8.56. The maximum absolute atomic E-state index is 12.1. The molecule has 0 saturated carbocycles. The lowest BCUT2D eigenvalue weighted by atomic mass is 10.2. The molecule has 0 unspecified atom stereocenters. The van der Waals surface area contributed by atoms with Crippen LogP contribution in [-0.2, 0) is 6.54 Å². The fourth-order valence-corrected chi connectivity index (χ4v) is 2.31. The second kappa shape index (κ2) is 5.50. The minimum absolute atomic E-state index is 0.0608. The molecule has 2 rings (SSSR count). The minimum Gasteiger partial charge on any atom is -0.336 e. The van der Waals surface area contributed by atoms with Gasteiger partial charge in [0.2, 0.25) is 0 Å². The summed E-state index contributed by atoms with van der Waals surface area (Å²) in [5.41, 5.74) is 1.55. The van der Waals surface area contributed by atoms with E-state index >= 15 is 0 Å². The number of halogens is 1. The second-order valence-electron chi connectivity index (χ2n) is 4.04. The van der Waals surface area contributed by atoms with Gasteiger partial charge in [-0.25, -0.2) is 4.98 Å². The third-order valence-corrected chi connectivity index (χ3v) is 3.54. The van der Waals surface area contributed by atoms with Gasteiger partial charge in [-0.15, -0.1) is 11.3 Å². The number of hydrogen-bond acceptors (Lipinski definition) is 3. The van der Waals surface area contributed by atoms with Crippen molar-refractivity contribution in [2.75, 3.05) is 7.05 Å². The fraction of sp³-hybridized carbons (Fsp3) is 0.231. The number of aromatic nitrogens is 1. The standard InChI is InChI=1S/C13H13ClN2OS/c1-9-15-12(8-18-9)13(17)16(2)7-10-3-5-11(14)6-4-10/h3-6,8H,7H2,1-2H3. The fourth-order valence-electron chi connectivity index (χ4n) is 1.59. The van der Waals surface area contributed by atoms with E-state index < -0.39 is 0 Å². The van der Waals surface area contributed by atoms with E-state index in [0.717, 1.165) is 10.6 Å². The summed E-state index contributed by atoms with van der Waals surface area (Å²) < 4.78 is 0. The topological polar surface area (TPSA) is 33.2 Å². The molecule has 0 atom stereocenters. The molecule has 0 saturated heterocycles. The van der Waals surface area contributed by atoms with Crippen molar-refractivity contribution in [3.63, 3.8) is 0 Å². The summed E-state index contributed by atoms with van der Waals surface area (Å²) in [5.74, 6) is -0.0608. The number of rotatable bonds is 3. The predicted octanol–water partition coefficient (Wildman–Crippen LogP) is 3.38. The molecule has 5 heteroatoms. The highest BCUT2D eigenvalue weighted by Gasteiger charge is 2.14. The van der Waals surface area contributed by atoms with E-state index in [1.165, 1.54) is 11.3 Å². The molecular formula is C13H13ClN2OS. The van der Waals surface area contributed by atoms with Crippen LogP contribution in [-0.4, -0.2) is 22.8 Å². The van der Waals surface area contributed by atoms with Crippen LogP contribution in [0, 0.1) is 6.92 Å². The first kappa shape index (κ1) is 13.1. The van der Waals surface area contributed by atoms with E-state index in [4.69, 9.17) is 11.6 Å². The molecule has 1 aromatic heterocycles. The van der Waals surface area contributed by atoms with Crippen LogP contribution in [0.25, 0.3) is 0 Å². The zero-order valence-corrected chi connectivity index (χ0v) is 11.8. The van der Waals surface area contributed by atoms with Gasteiger partial charge >= 0.3 is 0 Å². The van der Waals surface area contributed by atoms with Crippen molar-refractivity contribution < 1.29 is 4.79 Å². The summed E-state index contributed by atoms with van der Waals surface area (Å²) in [6, 6.07) is 7.47. The number of carbonyl (C=O) groups excluding carboxylic acids is 1. The summed E-state index contributed by atoms with van der Waals surface area (Å²) >= 11 is 7.30. The molecule has 1 aromatic carbocycles. The number of benzene rings is 1. The summed E-state index contributed by atoms with van der Waals surface area (Å²) in [7, 11) is 1.77. The maximum Gasteiger partial charge on any atom is 0.273 e. The predicted molar refractivity (Wildman–Crippen MR) is 74.1 cm³/mol. The molecule has 1 heterocycles. The Morgan fingerprint density at radius 2 is 2.06 bits per heavy atom. The van der Waals surface area contributed by atoms with Gasteiger partial charge in [-0.2, -0.15) is 0 Å². The van der Waals surface area contributed by atoms with Gasteiger partial charge in [-0.3, -0.25) is 4.79 Å². The third kappa shape index (κ3) is 3.09. The number of amides is 1. The molecule has 3 nitrogen and oxygen atoms in total. The Balaban J connectivity index is 2.05. The van der Waals surface area contributed by atoms with Crippen molar-refractivity contribution in [2.24, 2.45) is 0 Å². The quantitative estimate of drug-likeness (QED) is 0.863. The van der Waals surface area contributed by atoms with Gasteiger partial charge in [0.05, 0.1) is 5.01 Å². The lowest BCUT2D eigenvalue weighted by Crippen LogP contribution is -2.26. The molecular weight excluding hydrogens is 268 g/mol. The monoisotopic (exact) mass is 280 g/mol. The zero-order chi connectivity index (χ0) is 13.1. The maximum atomic E-state index is 12.1. The van der Waals surface area contributed by atoms with Crippen molar-refractivity contribution in [2.45, 2.75) is 13.5 Å². The van der Waals surface area contributed by atoms with E-state index in [1.54, 1.807) is 17.3 Å². The Bertz CT molecular complexity index is 550. The van der Waals surface area contributed by atoms with E-state index in [0.29, 0.717) is 17.3 Å². The SMILES string of the molecule is Cc1nc(C(=O)N(C)Cc2ccc(Cl)cc2)cs1. The van der Waals surface area contributed by atoms with Crippen molar-refractivity contribution in [3.8, 4) is 0 Å². The number of nitrogens with zero attached hydrogens (tertiary/aromatic N) is 2. The molecule has 0 fully saturated rings. The van der Waals surface area contributed by atoms with Gasteiger partial charge in [0.25, 0.3) is 5.91 Å². The summed E-state index contributed by atoms with van der Waals surface area (Å²) in [4.78, 5) is 17.9. The number of thiazole rings is 1. The average molecular weight is 281 g/mol. The average Bonchev–Trinajstić information content (AvgIpc) is 2.78. The minimum atomic E-state index is -0.0608. The molecule has 2 aromatic rings. The van der Waals surface area contributed by atoms with Crippen LogP contribution in [0.2, 0.25) is 5.02 Å². The highest BCUT2D eigenvalue weighted by molar-refractivity contribution is 7.09. The number of carbonyl (C=O) groups is 1. The summed E-state index contributed by atoms with van der Waals surface area (Å²) in [5, 5.41) is 3.39. The first-order valence-electron chi connectivity index (χ1n) is 5.48. The first-order valence-corrected chi connectivity index (χ1v) is 6.74. The van der Waals surface area contributed by atoms with Crippen LogP contribution in [0.15, 0.2) is 29.6 Å². The molecule has 0 aliphatic rings. The summed E-state index contributed by atoms with van der Waals surface area (Å²) in [6.45, 7) is 2.44. The van der Waals surface area contributed by atoms with Gasteiger partial charge in [0.1, 0.15) is 5.69 Å². The van der Waals surface area contributed by atoms with Crippen molar-refractivity contribution in [1.29, 1.82) is 0 Å². The van der Waals surface area contributed by atoms with E-state index in [9.17, 15) is 4.79 Å². The van der Waals surface area contributed by atoms with Gasteiger partial charge in [0, 0.05) is 24.0 Å². The Morgan fingerprint density at radius 3 is 2.61 bits per heavy atom. The van der Waals surface area contributed by atoms with Gasteiger partial charge in [-0.05, 0) is 24.6 Å². The molecule has 0 aliphatic carbocycles. The van der Waals surface area contributed by atoms with Crippen LogP contribution in [0.4, 0.5) is 0 Å². The van der Waals surface area contributed by atoms with Crippen molar-refractivity contribution in [1.82, 2.24) is 9.88 Å². The molecule has 0 aliphatic heterocycles. The second-order valence-corrected chi connectivity index (χ2v) is 5.54. The van der Waals surface area contributed by atoms with E-state index in [1.807, 2.05) is 31.2 Å². The molecule has 18 heavy (non-hydrogen) atoms. The van der Waals surface area contributed by atoms with E-state index in [2.05, 4.69) is 4.98 Å². The molecule has 0 N–H and O–H groups in total. The Hall–Kier alpha value is -1.39. The largest absolute Gasteiger partial charge is 0.336 e.